The molecule has 1 N–H and O–H groups in total. The molecule has 2 saturated heterocycles. The summed E-state index contributed by atoms with van der Waals surface area (Å²) in [5, 5.41) is 4.60. The number of hydrogen-bond donors (Lipinski definition) is 1. The van der Waals surface area contributed by atoms with Gasteiger partial charge in [0.2, 0.25) is 5.91 Å². The number of piperazine rings is 1. The van der Waals surface area contributed by atoms with Crippen LogP contribution in [0.3, 0.4) is 0 Å². The van der Waals surface area contributed by atoms with Gasteiger partial charge in [-0.2, -0.15) is 0 Å². The quantitative estimate of drug-likeness (QED) is 0.819. The van der Waals surface area contributed by atoms with Crippen molar-refractivity contribution in [3.05, 3.63) is 11.1 Å². The van der Waals surface area contributed by atoms with E-state index in [1.54, 1.807) is 11.3 Å². The zero-order valence-electron chi connectivity index (χ0n) is 14.7. The van der Waals surface area contributed by atoms with Crippen LogP contribution in [-0.4, -0.2) is 55.1 Å². The lowest BCUT2D eigenvalue weighted by Crippen LogP contribution is -2.56. The number of aromatic nitrogens is 1. The number of hydrogen-bond acceptors (Lipinski definition) is 5. The normalized spacial score (nSPS) is 28.8. The van der Waals surface area contributed by atoms with Crippen molar-refractivity contribution in [2.75, 3.05) is 44.2 Å². The summed E-state index contributed by atoms with van der Waals surface area (Å²) in [5.74, 6) is 0.977. The molecule has 4 rings (SSSR count). The number of rotatable bonds is 2. The fraction of sp³-hybridized carbons (Fsp3) is 0.765. The third-order valence-electron chi connectivity index (χ3n) is 5.91. The summed E-state index contributed by atoms with van der Waals surface area (Å²) < 4.78 is 0. The molecule has 0 bridgehead atoms. The molecule has 3 fully saturated rings. The van der Waals surface area contributed by atoms with Gasteiger partial charge < -0.3 is 15.1 Å². The van der Waals surface area contributed by atoms with E-state index in [0.717, 1.165) is 50.8 Å². The third-order valence-corrected chi connectivity index (χ3v) is 6.88. The summed E-state index contributed by atoms with van der Waals surface area (Å²) >= 11 is 1.75. The number of nitrogens with zero attached hydrogens (tertiary/aromatic N) is 3. The first-order valence-corrected chi connectivity index (χ1v) is 9.68. The Morgan fingerprint density at radius 3 is 2.72 bits per heavy atom. The Kier molecular flexibility index (Phi) is 6.99. The van der Waals surface area contributed by atoms with Gasteiger partial charge in [-0.25, -0.2) is 4.98 Å². The Morgan fingerprint density at radius 1 is 1.28 bits per heavy atom. The standard InChI is InChI=1S/C17H26N4OS.2ClH/c1-13-10-19-16(23-13)21-8-6-20(7-9-21)15(22)17-5-3-2-4-14(17)11-18-12-17;;/h10,14,18H,2-9,11-12H2,1H3;2*1H/t14-,17+;;/m0../s1. The summed E-state index contributed by atoms with van der Waals surface area (Å²) in [6, 6.07) is 0. The van der Waals surface area contributed by atoms with Crippen LogP contribution in [0.15, 0.2) is 6.20 Å². The molecule has 25 heavy (non-hydrogen) atoms. The van der Waals surface area contributed by atoms with Gasteiger partial charge >= 0.3 is 0 Å². The molecule has 5 nitrogen and oxygen atoms in total. The molecule has 0 aromatic carbocycles. The minimum absolute atomic E-state index is 0. The lowest BCUT2D eigenvalue weighted by Gasteiger charge is -2.43. The number of halogens is 2. The molecule has 0 spiro atoms. The first-order valence-electron chi connectivity index (χ1n) is 8.86. The maximum Gasteiger partial charge on any atom is 0.230 e. The molecule has 2 aliphatic heterocycles. The van der Waals surface area contributed by atoms with E-state index in [0.29, 0.717) is 11.8 Å². The van der Waals surface area contributed by atoms with Gasteiger partial charge in [-0.15, -0.1) is 36.2 Å². The molecule has 8 heteroatoms. The van der Waals surface area contributed by atoms with Crippen LogP contribution >= 0.6 is 36.2 Å². The summed E-state index contributed by atoms with van der Waals surface area (Å²) in [6.07, 6.45) is 6.74. The Balaban J connectivity index is 0.00000113. The molecule has 1 aliphatic carbocycles. The molecule has 3 heterocycles. The van der Waals surface area contributed by atoms with Crippen molar-refractivity contribution < 1.29 is 4.79 Å². The molecule has 1 aromatic rings. The molecule has 1 aromatic heterocycles. The fourth-order valence-corrected chi connectivity index (χ4v) is 5.38. The topological polar surface area (TPSA) is 48.5 Å². The van der Waals surface area contributed by atoms with Crippen molar-refractivity contribution in [3.63, 3.8) is 0 Å². The van der Waals surface area contributed by atoms with Crippen LogP contribution in [0.1, 0.15) is 30.6 Å². The monoisotopic (exact) mass is 406 g/mol. The van der Waals surface area contributed by atoms with Gasteiger partial charge in [-0.05, 0) is 32.2 Å². The largest absolute Gasteiger partial charge is 0.345 e. The highest BCUT2D eigenvalue weighted by Crippen LogP contribution is 2.45. The van der Waals surface area contributed by atoms with E-state index in [2.05, 4.69) is 27.0 Å². The highest BCUT2D eigenvalue weighted by atomic mass is 35.5. The van der Waals surface area contributed by atoms with Crippen molar-refractivity contribution in [2.24, 2.45) is 11.3 Å². The lowest BCUT2D eigenvalue weighted by atomic mass is 9.67. The van der Waals surface area contributed by atoms with E-state index in [-0.39, 0.29) is 30.2 Å². The number of amides is 1. The number of anilines is 1. The highest BCUT2D eigenvalue weighted by molar-refractivity contribution is 7.15. The van der Waals surface area contributed by atoms with Crippen LogP contribution in [0.4, 0.5) is 5.13 Å². The number of fused-ring (bicyclic) bond motifs is 1. The van der Waals surface area contributed by atoms with Crippen molar-refractivity contribution >= 4 is 47.2 Å². The second kappa shape index (κ2) is 8.42. The van der Waals surface area contributed by atoms with E-state index in [4.69, 9.17) is 0 Å². The summed E-state index contributed by atoms with van der Waals surface area (Å²) in [7, 11) is 0. The average Bonchev–Trinajstić information content (AvgIpc) is 3.21. The van der Waals surface area contributed by atoms with Crippen molar-refractivity contribution in [1.82, 2.24) is 15.2 Å². The molecule has 142 valence electrons. The van der Waals surface area contributed by atoms with Crippen LogP contribution in [0.2, 0.25) is 0 Å². The molecule has 1 amide bonds. The van der Waals surface area contributed by atoms with Gasteiger partial charge in [0.1, 0.15) is 0 Å². The van der Waals surface area contributed by atoms with Crippen LogP contribution < -0.4 is 10.2 Å². The fourth-order valence-electron chi connectivity index (χ4n) is 4.57. The Hall–Kier alpha value is -0.560. The Labute approximate surface area is 166 Å². The summed E-state index contributed by atoms with van der Waals surface area (Å²) in [4.78, 5) is 23.4. The molecule has 2 atom stereocenters. The van der Waals surface area contributed by atoms with E-state index >= 15 is 0 Å². The third kappa shape index (κ3) is 3.77. The molecule has 0 unspecified atom stereocenters. The predicted molar refractivity (Wildman–Crippen MR) is 107 cm³/mol. The highest BCUT2D eigenvalue weighted by Gasteiger charge is 2.51. The zero-order chi connectivity index (χ0) is 15.9. The van der Waals surface area contributed by atoms with Gasteiger partial charge in [0.15, 0.2) is 5.13 Å². The molecule has 1 saturated carbocycles. The SMILES string of the molecule is Cc1cnc(N2CCN(C(=O)[C@@]34CCCC[C@H]3CNC4)CC2)s1.Cl.Cl. The minimum Gasteiger partial charge on any atom is -0.345 e. The number of aryl methyl sites for hydroxylation is 1. The lowest BCUT2D eigenvalue weighted by molar-refractivity contribution is -0.145. The second-order valence-corrected chi connectivity index (χ2v) is 8.48. The maximum atomic E-state index is 13.3. The maximum absolute atomic E-state index is 13.3. The van der Waals surface area contributed by atoms with Gasteiger partial charge in [-0.1, -0.05) is 12.8 Å². The summed E-state index contributed by atoms with van der Waals surface area (Å²) in [6.45, 7) is 7.51. The molecule has 3 aliphatic rings. The van der Waals surface area contributed by atoms with Crippen LogP contribution in [-0.2, 0) is 4.79 Å². The Morgan fingerprint density at radius 2 is 2.04 bits per heavy atom. The average molecular weight is 407 g/mol. The number of thiazole rings is 1. The predicted octanol–water partition coefficient (Wildman–Crippen LogP) is 2.72. The van der Waals surface area contributed by atoms with Gasteiger partial charge in [-0.3, -0.25) is 4.79 Å². The summed E-state index contributed by atoms with van der Waals surface area (Å²) in [5.41, 5.74) is -0.0990. The first-order chi connectivity index (χ1) is 11.2. The van der Waals surface area contributed by atoms with Crippen LogP contribution in [0, 0.1) is 18.3 Å². The van der Waals surface area contributed by atoms with Gasteiger partial charge in [0, 0.05) is 43.8 Å². The smallest absolute Gasteiger partial charge is 0.230 e. The number of nitrogens with one attached hydrogen (secondary N) is 1. The van der Waals surface area contributed by atoms with Gasteiger partial charge in [0.05, 0.1) is 5.41 Å². The van der Waals surface area contributed by atoms with Crippen molar-refractivity contribution in [2.45, 2.75) is 32.6 Å². The zero-order valence-corrected chi connectivity index (χ0v) is 17.1. The number of carbonyl (C=O) groups excluding carboxylic acids is 1. The molecular formula is C17H28Cl2N4OS. The van der Waals surface area contributed by atoms with E-state index in [1.807, 2.05) is 6.20 Å². The van der Waals surface area contributed by atoms with E-state index in [9.17, 15) is 4.79 Å². The van der Waals surface area contributed by atoms with E-state index in [1.165, 1.54) is 24.1 Å². The Bertz CT molecular complexity index is 591. The van der Waals surface area contributed by atoms with Crippen molar-refractivity contribution in [3.8, 4) is 0 Å². The van der Waals surface area contributed by atoms with Crippen LogP contribution in [0.25, 0.3) is 0 Å². The van der Waals surface area contributed by atoms with Gasteiger partial charge in [0.25, 0.3) is 0 Å². The molecular weight excluding hydrogens is 379 g/mol. The first kappa shape index (κ1) is 20.7. The van der Waals surface area contributed by atoms with Crippen molar-refractivity contribution in [1.29, 1.82) is 0 Å². The van der Waals surface area contributed by atoms with E-state index < -0.39 is 0 Å². The molecule has 0 radical (unpaired) electrons. The van der Waals surface area contributed by atoms with Crippen LogP contribution in [0.5, 0.6) is 0 Å². The number of carbonyl (C=O) groups is 1. The minimum atomic E-state index is -0.0990. The second-order valence-electron chi connectivity index (χ2n) is 7.26.